The second-order valence-electron chi connectivity index (χ2n) is 8.17. The van der Waals surface area contributed by atoms with E-state index in [0.29, 0.717) is 46.0 Å². The third-order valence-corrected chi connectivity index (χ3v) is 7.07. The minimum Gasteiger partial charge on any atom is -0.493 e. The lowest BCUT2D eigenvalue weighted by Crippen LogP contribution is -2.46. The van der Waals surface area contributed by atoms with Crippen molar-refractivity contribution in [2.75, 3.05) is 26.1 Å². The number of ether oxygens (including phenoxy) is 2. The number of amidine groups is 1. The third-order valence-electron chi connectivity index (χ3n) is 5.65. The highest BCUT2D eigenvalue weighted by molar-refractivity contribution is 8.15. The van der Waals surface area contributed by atoms with Gasteiger partial charge in [-0.3, -0.25) is 14.5 Å². The number of thioether (sulfide) groups is 1. The Labute approximate surface area is 223 Å². The number of carbonyl (C=O) groups is 2. The van der Waals surface area contributed by atoms with E-state index in [1.54, 1.807) is 43.4 Å². The highest BCUT2D eigenvalue weighted by Crippen LogP contribution is 2.32. The molecule has 0 bridgehead atoms. The standard InChI is InChI=1S/C27H25ClFN3O4S/c1-35-22-11-6-17(14-23(22)36-2)12-13-32-25(33)16-24(26(34)30-21-5-3-4-18(28)15-21)37-27(32)31-20-9-7-19(29)8-10-20/h3-11,14-15,24H,12-13,16H2,1-2H3,(H,30,34)/t24-/m0/s1. The van der Waals surface area contributed by atoms with E-state index in [4.69, 9.17) is 21.1 Å². The summed E-state index contributed by atoms with van der Waals surface area (Å²) in [5.74, 6) is 0.263. The Hall–Kier alpha value is -3.56. The van der Waals surface area contributed by atoms with Crippen molar-refractivity contribution in [2.45, 2.75) is 18.1 Å². The van der Waals surface area contributed by atoms with Crippen LogP contribution in [0.3, 0.4) is 0 Å². The van der Waals surface area contributed by atoms with Gasteiger partial charge in [-0.1, -0.05) is 35.5 Å². The molecule has 1 fully saturated rings. The number of amides is 2. The minimum absolute atomic E-state index is 0.00539. The van der Waals surface area contributed by atoms with Gasteiger partial charge in [0.2, 0.25) is 11.8 Å². The molecule has 0 aromatic heterocycles. The van der Waals surface area contributed by atoms with Gasteiger partial charge < -0.3 is 14.8 Å². The predicted octanol–water partition coefficient (Wildman–Crippen LogP) is 5.70. The average Bonchev–Trinajstić information content (AvgIpc) is 2.89. The maximum atomic E-state index is 13.4. The van der Waals surface area contributed by atoms with Crippen molar-refractivity contribution in [1.29, 1.82) is 0 Å². The fraction of sp³-hybridized carbons (Fsp3) is 0.222. The van der Waals surface area contributed by atoms with Crippen LogP contribution >= 0.6 is 23.4 Å². The van der Waals surface area contributed by atoms with Gasteiger partial charge in [0.05, 0.1) is 19.9 Å². The van der Waals surface area contributed by atoms with E-state index in [-0.39, 0.29) is 24.1 Å². The molecule has 10 heteroatoms. The minimum atomic E-state index is -0.692. The van der Waals surface area contributed by atoms with Crippen molar-refractivity contribution in [1.82, 2.24) is 4.90 Å². The summed E-state index contributed by atoms with van der Waals surface area (Å²) in [6.07, 6.45) is 0.528. The van der Waals surface area contributed by atoms with Crippen molar-refractivity contribution >= 4 is 51.7 Å². The zero-order valence-corrected chi connectivity index (χ0v) is 21.8. The summed E-state index contributed by atoms with van der Waals surface area (Å²) in [5.41, 5.74) is 1.96. The van der Waals surface area contributed by atoms with Gasteiger partial charge in [-0.2, -0.15) is 0 Å². The highest BCUT2D eigenvalue weighted by Gasteiger charge is 2.36. The van der Waals surface area contributed by atoms with Crippen LogP contribution in [0.1, 0.15) is 12.0 Å². The van der Waals surface area contributed by atoms with Crippen LogP contribution in [0.5, 0.6) is 11.5 Å². The fourth-order valence-electron chi connectivity index (χ4n) is 3.75. The number of carbonyl (C=O) groups excluding carboxylic acids is 2. The number of hydrogen-bond acceptors (Lipinski definition) is 6. The van der Waals surface area contributed by atoms with Crippen molar-refractivity contribution in [3.05, 3.63) is 83.1 Å². The topological polar surface area (TPSA) is 80.2 Å². The van der Waals surface area contributed by atoms with Gasteiger partial charge in [-0.25, -0.2) is 9.38 Å². The lowest BCUT2D eigenvalue weighted by molar-refractivity contribution is -0.129. The molecule has 37 heavy (non-hydrogen) atoms. The smallest absolute Gasteiger partial charge is 0.238 e. The first-order valence-electron chi connectivity index (χ1n) is 11.4. The largest absolute Gasteiger partial charge is 0.493 e. The lowest BCUT2D eigenvalue weighted by Gasteiger charge is -2.32. The number of anilines is 1. The number of halogens is 2. The summed E-state index contributed by atoms with van der Waals surface area (Å²) in [7, 11) is 3.13. The first-order chi connectivity index (χ1) is 17.9. The second kappa shape index (κ2) is 12.1. The SMILES string of the molecule is COc1ccc(CCN2C(=O)C[C@@H](C(=O)Nc3cccc(Cl)c3)SC2=Nc2ccc(F)cc2)cc1OC. The summed E-state index contributed by atoms with van der Waals surface area (Å²) in [6, 6.07) is 18.0. The molecule has 1 aliphatic rings. The molecule has 0 radical (unpaired) electrons. The molecular weight excluding hydrogens is 517 g/mol. The van der Waals surface area contributed by atoms with Crippen molar-refractivity contribution in [3.8, 4) is 11.5 Å². The van der Waals surface area contributed by atoms with Gasteiger partial charge in [0, 0.05) is 23.7 Å². The Bertz CT molecular complexity index is 1320. The normalized spacial score (nSPS) is 16.5. The molecule has 1 atom stereocenters. The molecule has 192 valence electrons. The summed E-state index contributed by atoms with van der Waals surface area (Å²) < 4.78 is 24.1. The van der Waals surface area contributed by atoms with Crippen molar-refractivity contribution in [2.24, 2.45) is 4.99 Å². The molecule has 1 aliphatic heterocycles. The maximum Gasteiger partial charge on any atom is 0.238 e. The summed E-state index contributed by atoms with van der Waals surface area (Å²) >= 11 is 7.22. The van der Waals surface area contributed by atoms with Gasteiger partial charge >= 0.3 is 0 Å². The van der Waals surface area contributed by atoms with Gasteiger partial charge in [0.1, 0.15) is 11.1 Å². The Morgan fingerprint density at radius 1 is 1.11 bits per heavy atom. The number of nitrogens with zero attached hydrogens (tertiary/aromatic N) is 2. The number of aliphatic imine (C=N–C) groups is 1. The lowest BCUT2D eigenvalue weighted by atomic mass is 10.1. The zero-order chi connectivity index (χ0) is 26.4. The Kier molecular flexibility index (Phi) is 8.68. The molecule has 4 rings (SSSR count). The van der Waals surface area contributed by atoms with Crippen LogP contribution in [0, 0.1) is 5.82 Å². The number of hydrogen-bond donors (Lipinski definition) is 1. The average molecular weight is 542 g/mol. The second-order valence-corrected chi connectivity index (χ2v) is 9.77. The van der Waals surface area contributed by atoms with Crippen molar-refractivity contribution < 1.29 is 23.5 Å². The molecule has 3 aromatic rings. The Balaban J connectivity index is 1.55. The highest BCUT2D eigenvalue weighted by atomic mass is 35.5. The molecule has 2 amide bonds. The van der Waals surface area contributed by atoms with Crippen molar-refractivity contribution in [3.63, 3.8) is 0 Å². The molecular formula is C27H25ClFN3O4S. The van der Waals surface area contributed by atoms with E-state index in [9.17, 15) is 14.0 Å². The number of rotatable bonds is 8. The molecule has 3 aromatic carbocycles. The van der Waals surface area contributed by atoms with E-state index in [2.05, 4.69) is 10.3 Å². The van der Waals surface area contributed by atoms with Crippen LogP contribution in [0.15, 0.2) is 71.7 Å². The summed E-state index contributed by atoms with van der Waals surface area (Å²) in [4.78, 5) is 32.4. The first-order valence-corrected chi connectivity index (χ1v) is 12.7. The number of methoxy groups -OCH3 is 2. The van der Waals surface area contributed by atoms with E-state index in [1.807, 2.05) is 18.2 Å². The Morgan fingerprint density at radius 2 is 1.86 bits per heavy atom. The van der Waals surface area contributed by atoms with Crippen LogP contribution in [0.25, 0.3) is 0 Å². The van der Waals surface area contributed by atoms with E-state index < -0.39 is 5.25 Å². The van der Waals surface area contributed by atoms with Gasteiger partial charge in [0.15, 0.2) is 16.7 Å². The monoisotopic (exact) mass is 541 g/mol. The van der Waals surface area contributed by atoms with E-state index >= 15 is 0 Å². The molecule has 1 saturated heterocycles. The van der Waals surface area contributed by atoms with E-state index in [0.717, 1.165) is 5.56 Å². The van der Waals surface area contributed by atoms with Crippen LogP contribution in [0.4, 0.5) is 15.8 Å². The number of benzene rings is 3. The van der Waals surface area contributed by atoms with Gasteiger partial charge in [-0.15, -0.1) is 0 Å². The molecule has 0 saturated carbocycles. The van der Waals surface area contributed by atoms with Gasteiger partial charge in [-0.05, 0) is 66.6 Å². The first kappa shape index (κ1) is 26.5. The summed E-state index contributed by atoms with van der Waals surface area (Å²) in [5, 5.41) is 2.98. The predicted molar refractivity (Wildman–Crippen MR) is 145 cm³/mol. The van der Waals surface area contributed by atoms with Crippen LogP contribution < -0.4 is 14.8 Å². The molecule has 0 unspecified atom stereocenters. The molecule has 1 heterocycles. The Morgan fingerprint density at radius 3 is 2.57 bits per heavy atom. The maximum absolute atomic E-state index is 13.4. The van der Waals surface area contributed by atoms with E-state index in [1.165, 1.54) is 36.0 Å². The molecule has 7 nitrogen and oxygen atoms in total. The quantitative estimate of drug-likeness (QED) is 0.396. The molecule has 1 N–H and O–H groups in total. The van der Waals surface area contributed by atoms with Crippen LogP contribution in [-0.4, -0.2) is 47.9 Å². The fourth-order valence-corrected chi connectivity index (χ4v) is 5.07. The van der Waals surface area contributed by atoms with Crippen LogP contribution in [0.2, 0.25) is 5.02 Å². The van der Waals surface area contributed by atoms with Crippen LogP contribution in [-0.2, 0) is 16.0 Å². The third kappa shape index (κ3) is 6.81. The molecule has 0 aliphatic carbocycles. The molecule has 0 spiro atoms. The summed E-state index contributed by atoms with van der Waals surface area (Å²) in [6.45, 7) is 0.337. The zero-order valence-electron chi connectivity index (χ0n) is 20.2. The number of nitrogens with one attached hydrogen (secondary N) is 1. The van der Waals surface area contributed by atoms with Gasteiger partial charge in [0.25, 0.3) is 0 Å².